The third-order valence-corrected chi connectivity index (χ3v) is 3.91. The summed E-state index contributed by atoms with van der Waals surface area (Å²) in [5, 5.41) is 6.74. The average Bonchev–Trinajstić information content (AvgIpc) is 2.70. The van der Waals surface area contributed by atoms with Crippen LogP contribution in [0, 0.1) is 5.82 Å². The molecule has 2 aromatic carbocycles. The number of hydrogen-bond donors (Lipinski definition) is 1. The number of hydrogen-bond acceptors (Lipinski definition) is 5. The number of methoxy groups -OCH3 is 1. The molecule has 1 aromatic heterocycles. The Labute approximate surface area is 159 Å². The van der Waals surface area contributed by atoms with Crippen molar-refractivity contribution < 1.29 is 18.7 Å². The molecule has 7 nitrogen and oxygen atoms in total. The lowest BCUT2D eigenvalue weighted by molar-refractivity contribution is -0.117. The van der Waals surface area contributed by atoms with Crippen LogP contribution in [0.3, 0.4) is 0 Å². The molecule has 8 heteroatoms. The highest BCUT2D eigenvalue weighted by atomic mass is 19.1. The molecule has 1 amide bonds. The maximum Gasteiger partial charge on any atom is 0.339 e. The van der Waals surface area contributed by atoms with E-state index in [-0.39, 0.29) is 23.6 Å². The summed E-state index contributed by atoms with van der Waals surface area (Å²) in [6.45, 7) is -0.358. The largest absolute Gasteiger partial charge is 0.465 e. The number of para-hydroxylation sites is 1. The van der Waals surface area contributed by atoms with Gasteiger partial charge in [-0.05, 0) is 42.5 Å². The van der Waals surface area contributed by atoms with Gasteiger partial charge in [-0.2, -0.15) is 5.10 Å². The number of esters is 1. The molecule has 1 heterocycles. The highest BCUT2D eigenvalue weighted by Crippen LogP contribution is 2.17. The van der Waals surface area contributed by atoms with E-state index in [1.165, 1.54) is 49.6 Å². The van der Waals surface area contributed by atoms with Crippen LogP contribution >= 0.6 is 0 Å². The molecule has 28 heavy (non-hydrogen) atoms. The van der Waals surface area contributed by atoms with Crippen LogP contribution in [0.25, 0.3) is 11.3 Å². The van der Waals surface area contributed by atoms with Gasteiger partial charge in [0.25, 0.3) is 5.56 Å². The Kier molecular flexibility index (Phi) is 5.59. The van der Waals surface area contributed by atoms with Gasteiger partial charge in [-0.3, -0.25) is 9.59 Å². The molecule has 0 saturated carbocycles. The smallest absolute Gasteiger partial charge is 0.339 e. The minimum absolute atomic E-state index is 0.193. The molecule has 0 unspecified atom stereocenters. The molecule has 0 aliphatic carbocycles. The summed E-state index contributed by atoms with van der Waals surface area (Å²) >= 11 is 0. The molecule has 0 radical (unpaired) electrons. The first kappa shape index (κ1) is 19.0. The monoisotopic (exact) mass is 381 g/mol. The Bertz CT molecular complexity index is 1080. The van der Waals surface area contributed by atoms with E-state index in [0.717, 1.165) is 4.68 Å². The summed E-state index contributed by atoms with van der Waals surface area (Å²) in [5.41, 5.74) is 1.01. The third kappa shape index (κ3) is 4.29. The van der Waals surface area contributed by atoms with E-state index in [1.54, 1.807) is 18.2 Å². The fourth-order valence-electron chi connectivity index (χ4n) is 2.54. The van der Waals surface area contributed by atoms with E-state index in [0.29, 0.717) is 11.3 Å². The first-order chi connectivity index (χ1) is 13.5. The zero-order chi connectivity index (χ0) is 20.1. The van der Waals surface area contributed by atoms with Gasteiger partial charge in [0.2, 0.25) is 5.91 Å². The molecule has 0 spiro atoms. The predicted octanol–water partition coefficient (Wildman–Crippen LogP) is 2.47. The third-order valence-electron chi connectivity index (χ3n) is 3.91. The average molecular weight is 381 g/mol. The van der Waals surface area contributed by atoms with Crippen LogP contribution in [0.5, 0.6) is 0 Å². The van der Waals surface area contributed by atoms with Crippen molar-refractivity contribution in [2.75, 3.05) is 12.4 Å². The number of carbonyl (C=O) groups excluding carboxylic acids is 2. The van der Waals surface area contributed by atoms with Crippen molar-refractivity contribution in [2.24, 2.45) is 0 Å². The van der Waals surface area contributed by atoms with Crippen molar-refractivity contribution in [2.45, 2.75) is 6.54 Å². The summed E-state index contributed by atoms with van der Waals surface area (Å²) in [5.74, 6) is -1.52. The second kappa shape index (κ2) is 8.26. The number of anilines is 1. The normalized spacial score (nSPS) is 10.4. The van der Waals surface area contributed by atoms with Gasteiger partial charge < -0.3 is 10.1 Å². The second-order valence-electron chi connectivity index (χ2n) is 5.81. The fourth-order valence-corrected chi connectivity index (χ4v) is 2.54. The number of benzene rings is 2. The number of carbonyl (C=O) groups is 2. The number of nitrogens with one attached hydrogen (secondary N) is 1. The summed E-state index contributed by atoms with van der Waals surface area (Å²) < 4.78 is 18.8. The van der Waals surface area contributed by atoms with Crippen LogP contribution in [0.1, 0.15) is 10.4 Å². The van der Waals surface area contributed by atoms with Crippen molar-refractivity contribution in [1.29, 1.82) is 0 Å². The SMILES string of the molecule is COC(=O)c1ccccc1NC(=O)Cn1nc(-c2ccc(F)cc2)ccc1=O. The van der Waals surface area contributed by atoms with Gasteiger partial charge in [-0.15, -0.1) is 0 Å². The summed E-state index contributed by atoms with van der Waals surface area (Å²) in [4.78, 5) is 36.2. The molecule has 142 valence electrons. The van der Waals surface area contributed by atoms with E-state index >= 15 is 0 Å². The molecular weight excluding hydrogens is 365 g/mol. The number of amides is 1. The van der Waals surface area contributed by atoms with Gasteiger partial charge in [-0.1, -0.05) is 12.1 Å². The Morgan fingerprint density at radius 1 is 1.07 bits per heavy atom. The van der Waals surface area contributed by atoms with E-state index in [1.807, 2.05) is 0 Å². The zero-order valence-corrected chi connectivity index (χ0v) is 14.9. The van der Waals surface area contributed by atoms with Gasteiger partial charge in [0.1, 0.15) is 12.4 Å². The molecule has 0 atom stereocenters. The van der Waals surface area contributed by atoms with Crippen LogP contribution in [-0.2, 0) is 16.1 Å². The summed E-state index contributed by atoms with van der Waals surface area (Å²) in [7, 11) is 1.24. The highest BCUT2D eigenvalue weighted by Gasteiger charge is 2.14. The number of aromatic nitrogens is 2. The first-order valence-electron chi connectivity index (χ1n) is 8.29. The minimum atomic E-state index is -0.593. The number of nitrogens with zero attached hydrogens (tertiary/aromatic N) is 2. The van der Waals surface area contributed by atoms with Crippen molar-refractivity contribution in [3.8, 4) is 11.3 Å². The van der Waals surface area contributed by atoms with E-state index < -0.39 is 17.4 Å². The van der Waals surface area contributed by atoms with Crippen molar-refractivity contribution in [1.82, 2.24) is 9.78 Å². The Morgan fingerprint density at radius 2 is 1.79 bits per heavy atom. The van der Waals surface area contributed by atoms with Gasteiger partial charge >= 0.3 is 5.97 Å². The van der Waals surface area contributed by atoms with Crippen LogP contribution in [0.15, 0.2) is 65.5 Å². The molecule has 0 bridgehead atoms. The van der Waals surface area contributed by atoms with Crippen molar-refractivity contribution in [3.05, 3.63) is 82.4 Å². The molecule has 0 aliphatic rings. The molecule has 1 N–H and O–H groups in total. The van der Waals surface area contributed by atoms with Gasteiger partial charge in [0.15, 0.2) is 0 Å². The van der Waals surface area contributed by atoms with Crippen LogP contribution in [0.2, 0.25) is 0 Å². The molecular formula is C20H16FN3O4. The fraction of sp³-hybridized carbons (Fsp3) is 0.100. The van der Waals surface area contributed by atoms with Crippen molar-refractivity contribution in [3.63, 3.8) is 0 Å². The van der Waals surface area contributed by atoms with Gasteiger partial charge in [0, 0.05) is 11.6 Å². The molecule has 3 aromatic rings. The quantitative estimate of drug-likeness (QED) is 0.686. The summed E-state index contributed by atoms with van der Waals surface area (Å²) in [6, 6.07) is 14.8. The topological polar surface area (TPSA) is 90.3 Å². The van der Waals surface area contributed by atoms with Crippen molar-refractivity contribution >= 4 is 17.6 Å². The Balaban J connectivity index is 1.81. The van der Waals surface area contributed by atoms with E-state index in [2.05, 4.69) is 15.2 Å². The highest BCUT2D eigenvalue weighted by molar-refractivity contribution is 6.01. The molecule has 0 fully saturated rings. The van der Waals surface area contributed by atoms with Gasteiger partial charge in [0.05, 0.1) is 24.1 Å². The number of rotatable bonds is 5. The Morgan fingerprint density at radius 3 is 2.50 bits per heavy atom. The Hall–Kier alpha value is -3.81. The van der Waals surface area contributed by atoms with Crippen LogP contribution < -0.4 is 10.9 Å². The molecule has 0 saturated heterocycles. The maximum atomic E-state index is 13.1. The van der Waals surface area contributed by atoms with E-state index in [4.69, 9.17) is 0 Å². The summed E-state index contributed by atoms with van der Waals surface area (Å²) in [6.07, 6.45) is 0. The maximum absolute atomic E-state index is 13.1. The van der Waals surface area contributed by atoms with Crippen LogP contribution in [0.4, 0.5) is 10.1 Å². The van der Waals surface area contributed by atoms with Crippen LogP contribution in [-0.4, -0.2) is 28.8 Å². The van der Waals surface area contributed by atoms with Gasteiger partial charge in [-0.25, -0.2) is 13.9 Å². The van der Waals surface area contributed by atoms with E-state index in [9.17, 15) is 18.8 Å². The number of ether oxygens (including phenoxy) is 1. The lowest BCUT2D eigenvalue weighted by Gasteiger charge is -2.11. The standard InChI is InChI=1S/C20H16FN3O4/c1-28-20(27)15-4-2-3-5-17(15)22-18(25)12-24-19(26)11-10-16(23-24)13-6-8-14(21)9-7-13/h2-11H,12H2,1H3,(H,22,25). The predicted molar refractivity (Wildman–Crippen MR) is 100 cm³/mol. The zero-order valence-electron chi connectivity index (χ0n) is 14.9. The second-order valence-corrected chi connectivity index (χ2v) is 5.81. The number of halogens is 1. The lowest BCUT2D eigenvalue weighted by Crippen LogP contribution is -2.29. The molecule has 3 rings (SSSR count). The first-order valence-corrected chi connectivity index (χ1v) is 8.29. The molecule has 0 aliphatic heterocycles. The lowest BCUT2D eigenvalue weighted by atomic mass is 10.1. The minimum Gasteiger partial charge on any atom is -0.465 e.